The molecule has 0 aliphatic carbocycles. The van der Waals surface area contributed by atoms with E-state index in [4.69, 9.17) is 4.42 Å². The van der Waals surface area contributed by atoms with Gasteiger partial charge in [0.05, 0.1) is 5.69 Å². The van der Waals surface area contributed by atoms with E-state index in [2.05, 4.69) is 25.8 Å². The average Bonchev–Trinajstić information content (AvgIpc) is 2.76. The molecule has 1 saturated heterocycles. The maximum absolute atomic E-state index is 12.1. The summed E-state index contributed by atoms with van der Waals surface area (Å²) in [5, 5.41) is 0.974. The van der Waals surface area contributed by atoms with Gasteiger partial charge in [-0.3, -0.25) is 9.69 Å². The number of amides is 1. The van der Waals surface area contributed by atoms with E-state index in [1.165, 1.54) is 6.39 Å². The first-order valence-corrected chi connectivity index (χ1v) is 6.82. The molecule has 0 aromatic carbocycles. The number of aromatic nitrogens is 1. The Labute approximate surface area is 109 Å². The second-order valence-corrected chi connectivity index (χ2v) is 4.88. The molecule has 0 saturated carbocycles. The second-order valence-electron chi connectivity index (χ2n) is 4.09. The van der Waals surface area contributed by atoms with E-state index in [0.29, 0.717) is 11.5 Å². The van der Waals surface area contributed by atoms with Gasteiger partial charge in [-0.1, -0.05) is 15.9 Å². The molecule has 1 aliphatic heterocycles. The van der Waals surface area contributed by atoms with E-state index >= 15 is 0 Å². The standard InChI is InChI=1S/C11H16BrN3O2/c1-9-10(17-8-13-9)11(16)15-6-4-14(3-2-12)5-7-15/h8H,2-7H2,1H3. The van der Waals surface area contributed by atoms with Crippen LogP contribution in [0.5, 0.6) is 0 Å². The van der Waals surface area contributed by atoms with Crippen LogP contribution in [0.2, 0.25) is 0 Å². The Balaban J connectivity index is 1.93. The van der Waals surface area contributed by atoms with Crippen LogP contribution in [-0.4, -0.2) is 58.7 Å². The SMILES string of the molecule is Cc1ncoc1C(=O)N1CCN(CCBr)CC1. The van der Waals surface area contributed by atoms with Crippen molar-refractivity contribution in [1.29, 1.82) is 0 Å². The summed E-state index contributed by atoms with van der Waals surface area (Å²) in [7, 11) is 0. The van der Waals surface area contributed by atoms with E-state index in [-0.39, 0.29) is 5.91 Å². The first kappa shape index (κ1) is 12.6. The highest BCUT2D eigenvalue weighted by Gasteiger charge is 2.25. The first-order valence-electron chi connectivity index (χ1n) is 5.70. The van der Waals surface area contributed by atoms with Gasteiger partial charge in [-0.05, 0) is 6.92 Å². The number of hydrogen-bond acceptors (Lipinski definition) is 4. The zero-order valence-electron chi connectivity index (χ0n) is 9.86. The maximum atomic E-state index is 12.1. The summed E-state index contributed by atoms with van der Waals surface area (Å²) in [4.78, 5) is 20.2. The Morgan fingerprint density at radius 3 is 2.71 bits per heavy atom. The predicted octanol–water partition coefficient (Wildman–Crippen LogP) is 1.14. The summed E-state index contributed by atoms with van der Waals surface area (Å²) in [5.74, 6) is 0.331. The number of aryl methyl sites for hydroxylation is 1. The molecule has 0 N–H and O–H groups in total. The van der Waals surface area contributed by atoms with Crippen LogP contribution in [0.15, 0.2) is 10.8 Å². The number of piperazine rings is 1. The molecule has 1 aromatic rings. The van der Waals surface area contributed by atoms with Gasteiger partial charge in [0.15, 0.2) is 6.39 Å². The Kier molecular flexibility index (Phi) is 4.17. The minimum absolute atomic E-state index is 0.0431. The van der Waals surface area contributed by atoms with E-state index in [9.17, 15) is 4.79 Å². The summed E-state index contributed by atoms with van der Waals surface area (Å²) < 4.78 is 5.13. The zero-order chi connectivity index (χ0) is 12.3. The molecule has 1 aromatic heterocycles. The molecule has 0 bridgehead atoms. The van der Waals surface area contributed by atoms with Crippen LogP contribution < -0.4 is 0 Å². The third kappa shape index (κ3) is 2.87. The fourth-order valence-corrected chi connectivity index (χ4v) is 2.45. The van der Waals surface area contributed by atoms with Crippen molar-refractivity contribution in [2.45, 2.75) is 6.92 Å². The number of oxazole rings is 1. The fourth-order valence-electron chi connectivity index (χ4n) is 1.94. The van der Waals surface area contributed by atoms with Crippen molar-refractivity contribution >= 4 is 21.8 Å². The smallest absolute Gasteiger partial charge is 0.291 e. The molecular formula is C11H16BrN3O2. The van der Waals surface area contributed by atoms with Gasteiger partial charge < -0.3 is 9.32 Å². The number of rotatable bonds is 3. The van der Waals surface area contributed by atoms with Gasteiger partial charge in [0.25, 0.3) is 5.91 Å². The molecule has 0 spiro atoms. The quantitative estimate of drug-likeness (QED) is 0.786. The summed E-state index contributed by atoms with van der Waals surface area (Å²) in [5.41, 5.74) is 0.665. The third-order valence-electron chi connectivity index (χ3n) is 3.00. The number of halogens is 1. The normalized spacial score (nSPS) is 17.4. The number of alkyl halides is 1. The maximum Gasteiger partial charge on any atom is 0.291 e. The summed E-state index contributed by atoms with van der Waals surface area (Å²) in [6.45, 7) is 6.17. The van der Waals surface area contributed by atoms with E-state index in [1.807, 2.05) is 4.90 Å². The zero-order valence-corrected chi connectivity index (χ0v) is 11.4. The van der Waals surface area contributed by atoms with Crippen molar-refractivity contribution in [3.63, 3.8) is 0 Å². The molecule has 2 rings (SSSR count). The Morgan fingerprint density at radius 2 is 2.18 bits per heavy atom. The topological polar surface area (TPSA) is 49.6 Å². The molecule has 1 aliphatic rings. The molecule has 0 unspecified atom stereocenters. The van der Waals surface area contributed by atoms with Gasteiger partial charge in [-0.15, -0.1) is 0 Å². The number of hydrogen-bond donors (Lipinski definition) is 0. The van der Waals surface area contributed by atoms with Gasteiger partial charge in [-0.25, -0.2) is 4.98 Å². The molecule has 0 atom stereocenters. The van der Waals surface area contributed by atoms with Crippen LogP contribution >= 0.6 is 15.9 Å². The van der Waals surface area contributed by atoms with Gasteiger partial charge in [0.1, 0.15) is 0 Å². The van der Waals surface area contributed by atoms with Crippen LogP contribution in [0.25, 0.3) is 0 Å². The lowest BCUT2D eigenvalue weighted by Crippen LogP contribution is -2.49. The summed E-state index contributed by atoms with van der Waals surface area (Å²) in [6.07, 6.45) is 1.32. The minimum Gasteiger partial charge on any atom is -0.438 e. The summed E-state index contributed by atoms with van der Waals surface area (Å²) in [6, 6.07) is 0. The lowest BCUT2D eigenvalue weighted by Gasteiger charge is -2.33. The van der Waals surface area contributed by atoms with Crippen LogP contribution in [0.4, 0.5) is 0 Å². The average molecular weight is 302 g/mol. The highest BCUT2D eigenvalue weighted by Crippen LogP contribution is 2.11. The Hall–Kier alpha value is -0.880. The minimum atomic E-state index is -0.0431. The lowest BCUT2D eigenvalue weighted by atomic mass is 10.2. The molecule has 1 amide bonds. The number of carbonyl (C=O) groups excluding carboxylic acids is 1. The van der Waals surface area contributed by atoms with Crippen molar-refractivity contribution in [2.24, 2.45) is 0 Å². The molecule has 2 heterocycles. The molecule has 94 valence electrons. The van der Waals surface area contributed by atoms with Gasteiger partial charge in [-0.2, -0.15) is 0 Å². The van der Waals surface area contributed by atoms with Crippen molar-refractivity contribution in [1.82, 2.24) is 14.8 Å². The molecule has 1 fully saturated rings. The van der Waals surface area contributed by atoms with Crippen molar-refractivity contribution in [2.75, 3.05) is 38.1 Å². The number of carbonyl (C=O) groups is 1. The highest BCUT2D eigenvalue weighted by molar-refractivity contribution is 9.09. The Bertz CT molecular complexity index is 386. The number of nitrogens with zero attached hydrogens (tertiary/aromatic N) is 3. The molecule has 17 heavy (non-hydrogen) atoms. The van der Waals surface area contributed by atoms with Gasteiger partial charge in [0, 0.05) is 38.1 Å². The van der Waals surface area contributed by atoms with Gasteiger partial charge >= 0.3 is 0 Å². The predicted molar refractivity (Wildman–Crippen MR) is 67.4 cm³/mol. The van der Waals surface area contributed by atoms with Crippen molar-refractivity contribution in [3.8, 4) is 0 Å². The van der Waals surface area contributed by atoms with Crippen LogP contribution in [0.1, 0.15) is 16.2 Å². The third-order valence-corrected chi connectivity index (χ3v) is 3.35. The van der Waals surface area contributed by atoms with Crippen LogP contribution in [-0.2, 0) is 0 Å². The van der Waals surface area contributed by atoms with E-state index < -0.39 is 0 Å². The molecule has 6 heteroatoms. The fraction of sp³-hybridized carbons (Fsp3) is 0.636. The van der Waals surface area contributed by atoms with Crippen LogP contribution in [0.3, 0.4) is 0 Å². The highest BCUT2D eigenvalue weighted by atomic mass is 79.9. The van der Waals surface area contributed by atoms with E-state index in [1.54, 1.807) is 6.92 Å². The molecule has 5 nitrogen and oxygen atoms in total. The van der Waals surface area contributed by atoms with Gasteiger partial charge in [0.2, 0.25) is 5.76 Å². The van der Waals surface area contributed by atoms with Crippen molar-refractivity contribution in [3.05, 3.63) is 17.8 Å². The Morgan fingerprint density at radius 1 is 1.47 bits per heavy atom. The van der Waals surface area contributed by atoms with Crippen molar-refractivity contribution < 1.29 is 9.21 Å². The first-order chi connectivity index (χ1) is 8.22. The monoisotopic (exact) mass is 301 g/mol. The molecular weight excluding hydrogens is 286 g/mol. The lowest BCUT2D eigenvalue weighted by molar-refractivity contribution is 0.0613. The largest absolute Gasteiger partial charge is 0.438 e. The summed E-state index contributed by atoms with van der Waals surface area (Å²) >= 11 is 3.42. The molecule has 0 radical (unpaired) electrons. The second kappa shape index (κ2) is 5.64. The van der Waals surface area contributed by atoms with Crippen LogP contribution in [0, 0.1) is 6.92 Å². The van der Waals surface area contributed by atoms with E-state index in [0.717, 1.165) is 38.1 Å².